The Hall–Kier alpha value is -1.26. The van der Waals surface area contributed by atoms with E-state index in [0.29, 0.717) is 32.0 Å². The van der Waals surface area contributed by atoms with Gasteiger partial charge in [0.25, 0.3) is 0 Å². The zero-order valence-electron chi connectivity index (χ0n) is 12.4. The Morgan fingerprint density at radius 1 is 1.40 bits per heavy atom. The monoisotopic (exact) mass is 300 g/mol. The van der Waals surface area contributed by atoms with Crippen LogP contribution in [-0.2, 0) is 4.79 Å². The summed E-state index contributed by atoms with van der Waals surface area (Å²) in [7, 11) is 0. The van der Waals surface area contributed by atoms with Crippen LogP contribution in [0, 0.1) is 19.8 Å². The number of halogens is 1. The highest BCUT2D eigenvalue weighted by Crippen LogP contribution is 2.20. The summed E-state index contributed by atoms with van der Waals surface area (Å²) >= 11 is 0. The van der Waals surface area contributed by atoms with Crippen LogP contribution in [0.2, 0.25) is 0 Å². The SMILES string of the molecule is Cc1cccc(OCCC(=O)NCC(C)CN)c1C.Cl. The minimum absolute atomic E-state index is 0. The number of nitrogens with two attached hydrogens (primary N) is 1. The van der Waals surface area contributed by atoms with Crippen LogP contribution < -0.4 is 15.8 Å². The van der Waals surface area contributed by atoms with Crippen molar-refractivity contribution in [2.75, 3.05) is 19.7 Å². The molecule has 114 valence electrons. The molecule has 0 saturated heterocycles. The average molecular weight is 301 g/mol. The number of hydrogen-bond acceptors (Lipinski definition) is 3. The van der Waals surface area contributed by atoms with Gasteiger partial charge in [-0.05, 0) is 43.5 Å². The Kier molecular flexibility index (Phi) is 9.01. The molecule has 1 atom stereocenters. The van der Waals surface area contributed by atoms with Crippen molar-refractivity contribution in [3.05, 3.63) is 29.3 Å². The quantitative estimate of drug-likeness (QED) is 0.811. The number of benzene rings is 1. The summed E-state index contributed by atoms with van der Waals surface area (Å²) in [6.45, 7) is 7.68. The molecule has 0 aliphatic rings. The number of hydrogen-bond donors (Lipinski definition) is 2. The summed E-state index contributed by atoms with van der Waals surface area (Å²) in [6, 6.07) is 5.93. The molecule has 0 heterocycles. The van der Waals surface area contributed by atoms with Crippen LogP contribution in [0.1, 0.15) is 24.5 Å². The molecule has 3 N–H and O–H groups in total. The smallest absolute Gasteiger partial charge is 0.223 e. The van der Waals surface area contributed by atoms with Gasteiger partial charge in [-0.2, -0.15) is 0 Å². The van der Waals surface area contributed by atoms with Gasteiger partial charge in [0.05, 0.1) is 13.0 Å². The Morgan fingerprint density at radius 3 is 2.75 bits per heavy atom. The highest BCUT2D eigenvalue weighted by Gasteiger charge is 2.06. The maximum atomic E-state index is 11.6. The molecular formula is C15H25ClN2O2. The van der Waals surface area contributed by atoms with Crippen molar-refractivity contribution < 1.29 is 9.53 Å². The first-order valence-electron chi connectivity index (χ1n) is 6.70. The molecule has 0 bridgehead atoms. The van der Waals surface area contributed by atoms with Crippen LogP contribution in [0.4, 0.5) is 0 Å². The average Bonchev–Trinajstić information content (AvgIpc) is 2.40. The third kappa shape index (κ3) is 6.26. The van der Waals surface area contributed by atoms with Gasteiger partial charge in [0.15, 0.2) is 0 Å². The summed E-state index contributed by atoms with van der Waals surface area (Å²) in [4.78, 5) is 11.6. The van der Waals surface area contributed by atoms with Gasteiger partial charge in [0, 0.05) is 6.54 Å². The fraction of sp³-hybridized carbons (Fsp3) is 0.533. The third-order valence-corrected chi connectivity index (χ3v) is 3.19. The van der Waals surface area contributed by atoms with Crippen LogP contribution >= 0.6 is 12.4 Å². The van der Waals surface area contributed by atoms with Gasteiger partial charge >= 0.3 is 0 Å². The van der Waals surface area contributed by atoms with Crippen LogP contribution in [0.3, 0.4) is 0 Å². The van der Waals surface area contributed by atoms with Gasteiger partial charge in [0.1, 0.15) is 5.75 Å². The molecule has 1 amide bonds. The predicted molar refractivity (Wildman–Crippen MR) is 84.5 cm³/mol. The Morgan fingerprint density at radius 2 is 2.10 bits per heavy atom. The molecule has 1 aromatic carbocycles. The lowest BCUT2D eigenvalue weighted by Crippen LogP contribution is -2.32. The zero-order chi connectivity index (χ0) is 14.3. The third-order valence-electron chi connectivity index (χ3n) is 3.19. The second-order valence-corrected chi connectivity index (χ2v) is 4.94. The normalized spacial score (nSPS) is 11.4. The van der Waals surface area contributed by atoms with E-state index in [4.69, 9.17) is 10.5 Å². The summed E-state index contributed by atoms with van der Waals surface area (Å²) in [5.41, 5.74) is 7.81. The second-order valence-electron chi connectivity index (χ2n) is 4.94. The Bertz CT molecular complexity index is 424. The number of carbonyl (C=O) groups is 1. The van der Waals surface area contributed by atoms with E-state index in [1.165, 1.54) is 5.56 Å². The first-order chi connectivity index (χ1) is 9.04. The topological polar surface area (TPSA) is 64.3 Å². The highest BCUT2D eigenvalue weighted by atomic mass is 35.5. The minimum atomic E-state index is 0. The highest BCUT2D eigenvalue weighted by molar-refractivity contribution is 5.85. The van der Waals surface area contributed by atoms with E-state index in [9.17, 15) is 4.79 Å². The van der Waals surface area contributed by atoms with Gasteiger partial charge in [-0.1, -0.05) is 19.1 Å². The van der Waals surface area contributed by atoms with E-state index in [-0.39, 0.29) is 18.3 Å². The van der Waals surface area contributed by atoms with Crippen molar-refractivity contribution in [3.8, 4) is 5.75 Å². The lowest BCUT2D eigenvalue weighted by molar-refractivity contribution is -0.121. The van der Waals surface area contributed by atoms with Crippen LogP contribution in [-0.4, -0.2) is 25.6 Å². The van der Waals surface area contributed by atoms with Crippen molar-refractivity contribution in [2.24, 2.45) is 11.7 Å². The van der Waals surface area contributed by atoms with E-state index < -0.39 is 0 Å². The van der Waals surface area contributed by atoms with Crippen LogP contribution in [0.15, 0.2) is 18.2 Å². The molecule has 0 aliphatic heterocycles. The zero-order valence-corrected chi connectivity index (χ0v) is 13.3. The molecule has 0 saturated carbocycles. The number of amides is 1. The molecule has 0 radical (unpaired) electrons. The molecule has 20 heavy (non-hydrogen) atoms. The molecular weight excluding hydrogens is 276 g/mol. The number of rotatable bonds is 7. The number of ether oxygens (including phenoxy) is 1. The fourth-order valence-corrected chi connectivity index (χ4v) is 1.59. The van der Waals surface area contributed by atoms with E-state index in [1.807, 2.05) is 39.0 Å². The largest absolute Gasteiger partial charge is 0.493 e. The van der Waals surface area contributed by atoms with Crippen molar-refractivity contribution in [2.45, 2.75) is 27.2 Å². The van der Waals surface area contributed by atoms with Crippen molar-refractivity contribution in [1.82, 2.24) is 5.32 Å². The summed E-state index contributed by atoms with van der Waals surface area (Å²) in [5, 5.41) is 2.85. The molecule has 4 nitrogen and oxygen atoms in total. The van der Waals surface area contributed by atoms with Crippen LogP contribution in [0.5, 0.6) is 5.75 Å². The van der Waals surface area contributed by atoms with Crippen molar-refractivity contribution in [1.29, 1.82) is 0 Å². The molecule has 0 aromatic heterocycles. The first-order valence-corrected chi connectivity index (χ1v) is 6.70. The van der Waals surface area contributed by atoms with E-state index >= 15 is 0 Å². The molecule has 0 aliphatic carbocycles. The molecule has 1 unspecified atom stereocenters. The standard InChI is InChI=1S/C15H24N2O2.ClH/c1-11(9-16)10-17-15(18)7-8-19-14-6-4-5-12(2)13(14)3;/h4-6,11H,7-10,16H2,1-3H3,(H,17,18);1H. The van der Waals surface area contributed by atoms with Gasteiger partial charge in [-0.3, -0.25) is 4.79 Å². The predicted octanol–water partition coefficient (Wildman–Crippen LogP) is 2.21. The fourth-order valence-electron chi connectivity index (χ4n) is 1.59. The maximum absolute atomic E-state index is 11.6. The summed E-state index contributed by atoms with van der Waals surface area (Å²) in [5.74, 6) is 1.16. The number of aryl methyl sites for hydroxylation is 1. The van der Waals surface area contributed by atoms with Crippen LogP contribution in [0.25, 0.3) is 0 Å². The molecule has 5 heteroatoms. The van der Waals surface area contributed by atoms with Gasteiger partial charge in [0.2, 0.25) is 5.91 Å². The van der Waals surface area contributed by atoms with Gasteiger partial charge < -0.3 is 15.8 Å². The van der Waals surface area contributed by atoms with E-state index in [2.05, 4.69) is 5.32 Å². The van der Waals surface area contributed by atoms with Gasteiger partial charge in [-0.25, -0.2) is 0 Å². The molecule has 1 aromatic rings. The summed E-state index contributed by atoms with van der Waals surface area (Å²) in [6.07, 6.45) is 0.366. The molecule has 1 rings (SSSR count). The second kappa shape index (κ2) is 9.61. The number of carbonyl (C=O) groups excluding carboxylic acids is 1. The van der Waals surface area contributed by atoms with E-state index in [0.717, 1.165) is 11.3 Å². The molecule has 0 fully saturated rings. The summed E-state index contributed by atoms with van der Waals surface area (Å²) < 4.78 is 5.64. The van der Waals surface area contributed by atoms with Gasteiger partial charge in [-0.15, -0.1) is 12.4 Å². The Labute approximate surface area is 127 Å². The minimum Gasteiger partial charge on any atom is -0.493 e. The van der Waals surface area contributed by atoms with Crippen molar-refractivity contribution >= 4 is 18.3 Å². The van der Waals surface area contributed by atoms with E-state index in [1.54, 1.807) is 0 Å². The van der Waals surface area contributed by atoms with Crippen molar-refractivity contribution in [3.63, 3.8) is 0 Å². The maximum Gasteiger partial charge on any atom is 0.223 e. The molecule has 0 spiro atoms. The number of nitrogens with one attached hydrogen (secondary N) is 1. The first kappa shape index (κ1) is 18.7. The lowest BCUT2D eigenvalue weighted by Gasteiger charge is -2.12. The Balaban J connectivity index is 0.00000361. The lowest BCUT2D eigenvalue weighted by atomic mass is 10.1.